The average molecular weight is 488 g/mol. The smallest absolute Gasteiger partial charge is 0.237 e. The largest absolute Gasteiger partial charge is 0.387 e. The number of amides is 1. The summed E-state index contributed by atoms with van der Waals surface area (Å²) in [6, 6.07) is 0.920. The number of amidine groups is 1. The van der Waals surface area contributed by atoms with E-state index in [2.05, 4.69) is 10.2 Å². The third kappa shape index (κ3) is 5.42. The van der Waals surface area contributed by atoms with E-state index < -0.39 is 0 Å². The second-order valence-electron chi connectivity index (χ2n) is 12.6. The topological polar surface area (TPSA) is 117 Å². The molecular formula is C28H49N5O2. The third-order valence-electron chi connectivity index (χ3n) is 10.7. The van der Waals surface area contributed by atoms with Crippen LogP contribution in [0.15, 0.2) is 0 Å². The maximum atomic E-state index is 13.7. The summed E-state index contributed by atoms with van der Waals surface area (Å²) in [5, 5.41) is 11.5. The van der Waals surface area contributed by atoms with Crippen molar-refractivity contribution in [3.8, 4) is 0 Å². The van der Waals surface area contributed by atoms with Crippen molar-refractivity contribution in [3.63, 3.8) is 0 Å². The zero-order valence-corrected chi connectivity index (χ0v) is 21.8. The summed E-state index contributed by atoms with van der Waals surface area (Å²) in [6.45, 7) is 1.02. The van der Waals surface area contributed by atoms with Crippen LogP contribution in [-0.2, 0) is 9.53 Å². The minimum Gasteiger partial charge on any atom is -0.387 e. The SMILES string of the molecule is COC1CCCC2C(CN3C(C(=O)NC4CCC(N)CC4)CC4CCC(C(=N)N)CC43)CCCC12. The number of rotatable bonds is 6. The molecule has 8 atom stereocenters. The van der Waals surface area contributed by atoms with Crippen LogP contribution < -0.4 is 16.8 Å². The van der Waals surface area contributed by atoms with Gasteiger partial charge in [0, 0.05) is 37.7 Å². The highest BCUT2D eigenvalue weighted by Gasteiger charge is 2.50. The van der Waals surface area contributed by atoms with Gasteiger partial charge in [0.1, 0.15) is 0 Å². The molecule has 4 saturated carbocycles. The highest BCUT2D eigenvalue weighted by molar-refractivity contribution is 5.83. The lowest BCUT2D eigenvalue weighted by atomic mass is 9.64. The van der Waals surface area contributed by atoms with E-state index in [9.17, 15) is 4.79 Å². The number of likely N-dealkylation sites (tertiary alicyclic amines) is 1. The summed E-state index contributed by atoms with van der Waals surface area (Å²) in [7, 11) is 1.89. The molecule has 6 N–H and O–H groups in total. The number of carbonyl (C=O) groups excluding carboxylic acids is 1. The lowest BCUT2D eigenvalue weighted by Gasteiger charge is -2.47. The Morgan fingerprint density at radius 3 is 2.46 bits per heavy atom. The van der Waals surface area contributed by atoms with Crippen molar-refractivity contribution >= 4 is 11.7 Å². The Kier molecular flexibility index (Phi) is 8.05. The van der Waals surface area contributed by atoms with Crippen molar-refractivity contribution < 1.29 is 9.53 Å². The minimum absolute atomic E-state index is 0.0338. The number of nitrogens with zero attached hydrogens (tertiary/aromatic N) is 1. The van der Waals surface area contributed by atoms with E-state index in [1.807, 2.05) is 7.11 Å². The first-order valence-corrected chi connectivity index (χ1v) is 14.6. The standard InChI is InChI=1S/C28H49N5O2/c1-35-26-7-3-5-22-19(4-2-6-23(22)26)16-33-24-15-18(27(30)31)9-8-17(24)14-25(33)28(34)32-21-12-10-20(29)11-13-21/h17-26H,2-16,29H2,1H3,(H3,30,31)(H,32,34). The van der Waals surface area contributed by atoms with Crippen LogP contribution in [0.25, 0.3) is 0 Å². The zero-order valence-electron chi connectivity index (χ0n) is 21.8. The number of nitrogens with one attached hydrogen (secondary N) is 2. The van der Waals surface area contributed by atoms with Crippen molar-refractivity contribution in [1.82, 2.24) is 10.2 Å². The summed E-state index contributed by atoms with van der Waals surface area (Å²) >= 11 is 0. The molecule has 0 spiro atoms. The van der Waals surface area contributed by atoms with Gasteiger partial charge in [0.25, 0.3) is 0 Å². The predicted molar refractivity (Wildman–Crippen MR) is 139 cm³/mol. The van der Waals surface area contributed by atoms with Crippen LogP contribution in [0.3, 0.4) is 0 Å². The highest BCUT2D eigenvalue weighted by atomic mass is 16.5. The second kappa shape index (κ2) is 11.1. The van der Waals surface area contributed by atoms with Gasteiger partial charge in [0.2, 0.25) is 5.91 Å². The van der Waals surface area contributed by atoms with E-state index in [1.54, 1.807) is 0 Å². The Hall–Kier alpha value is -1.18. The first-order chi connectivity index (χ1) is 16.9. The second-order valence-corrected chi connectivity index (χ2v) is 12.6. The Morgan fingerprint density at radius 2 is 1.71 bits per heavy atom. The molecule has 7 nitrogen and oxygen atoms in total. The van der Waals surface area contributed by atoms with Crippen molar-refractivity contribution in [2.45, 2.75) is 120 Å². The highest BCUT2D eigenvalue weighted by Crippen LogP contribution is 2.48. The molecule has 0 bridgehead atoms. The monoisotopic (exact) mass is 487 g/mol. The summed E-state index contributed by atoms with van der Waals surface area (Å²) < 4.78 is 5.93. The molecule has 1 aliphatic heterocycles. The van der Waals surface area contributed by atoms with Gasteiger partial charge in [0.15, 0.2) is 0 Å². The molecule has 1 amide bonds. The van der Waals surface area contributed by atoms with Gasteiger partial charge in [-0.05, 0) is 101 Å². The molecular weight excluding hydrogens is 438 g/mol. The molecule has 198 valence electrons. The minimum atomic E-state index is -0.0338. The third-order valence-corrected chi connectivity index (χ3v) is 10.7. The molecule has 1 saturated heterocycles. The van der Waals surface area contributed by atoms with Crippen LogP contribution in [0.5, 0.6) is 0 Å². The Labute approximate surface area is 212 Å². The molecule has 0 aromatic rings. The Morgan fingerprint density at radius 1 is 0.971 bits per heavy atom. The average Bonchev–Trinajstić information content (AvgIpc) is 3.23. The zero-order chi connectivity index (χ0) is 24.5. The number of methoxy groups -OCH3 is 1. The lowest BCUT2D eigenvalue weighted by Crippen LogP contribution is -2.53. The van der Waals surface area contributed by atoms with Crippen LogP contribution in [0.2, 0.25) is 0 Å². The molecule has 1 heterocycles. The van der Waals surface area contributed by atoms with Gasteiger partial charge in [-0.2, -0.15) is 0 Å². The van der Waals surface area contributed by atoms with E-state index in [-0.39, 0.29) is 23.9 Å². The number of nitrogens with two attached hydrogens (primary N) is 2. The Balaban J connectivity index is 1.32. The van der Waals surface area contributed by atoms with E-state index >= 15 is 0 Å². The number of fused-ring (bicyclic) bond motifs is 2. The number of hydrogen-bond acceptors (Lipinski definition) is 5. The lowest BCUT2D eigenvalue weighted by molar-refractivity contribution is -0.127. The molecule has 0 radical (unpaired) electrons. The Bertz CT molecular complexity index is 754. The molecule has 8 unspecified atom stereocenters. The number of carbonyl (C=O) groups is 1. The van der Waals surface area contributed by atoms with Crippen LogP contribution in [0.1, 0.15) is 89.9 Å². The van der Waals surface area contributed by atoms with Crippen molar-refractivity contribution in [2.75, 3.05) is 13.7 Å². The predicted octanol–water partition coefficient (Wildman–Crippen LogP) is 3.40. The molecule has 5 aliphatic rings. The summed E-state index contributed by atoms with van der Waals surface area (Å²) in [4.78, 5) is 16.3. The fourth-order valence-electron chi connectivity index (χ4n) is 8.77. The fraction of sp³-hybridized carbons (Fsp3) is 0.929. The van der Waals surface area contributed by atoms with Crippen LogP contribution in [0, 0.1) is 35.0 Å². The van der Waals surface area contributed by atoms with Gasteiger partial charge in [-0.15, -0.1) is 0 Å². The van der Waals surface area contributed by atoms with Crippen molar-refractivity contribution in [2.24, 2.45) is 41.1 Å². The van der Waals surface area contributed by atoms with Gasteiger partial charge in [-0.3, -0.25) is 15.1 Å². The summed E-state index contributed by atoms with van der Waals surface area (Å²) in [6.07, 6.45) is 16.1. The maximum absolute atomic E-state index is 13.7. The quantitative estimate of drug-likeness (QED) is 0.338. The number of ether oxygens (including phenoxy) is 1. The van der Waals surface area contributed by atoms with E-state index in [1.165, 1.54) is 38.5 Å². The van der Waals surface area contributed by atoms with E-state index in [4.69, 9.17) is 21.6 Å². The molecule has 5 rings (SSSR count). The summed E-state index contributed by atoms with van der Waals surface area (Å²) in [5.41, 5.74) is 12.1. The molecule has 7 heteroatoms. The van der Waals surface area contributed by atoms with Crippen molar-refractivity contribution in [3.05, 3.63) is 0 Å². The molecule has 0 aromatic carbocycles. The maximum Gasteiger partial charge on any atom is 0.237 e. The van der Waals surface area contributed by atoms with Gasteiger partial charge in [-0.1, -0.05) is 12.8 Å². The van der Waals surface area contributed by atoms with Gasteiger partial charge in [-0.25, -0.2) is 0 Å². The first kappa shape index (κ1) is 25.5. The molecule has 35 heavy (non-hydrogen) atoms. The van der Waals surface area contributed by atoms with Crippen molar-refractivity contribution in [1.29, 1.82) is 5.41 Å². The van der Waals surface area contributed by atoms with Crippen LogP contribution in [0.4, 0.5) is 0 Å². The molecule has 5 fully saturated rings. The van der Waals surface area contributed by atoms with Gasteiger partial charge in [0.05, 0.1) is 18.0 Å². The van der Waals surface area contributed by atoms with Crippen LogP contribution in [-0.4, -0.2) is 60.6 Å². The summed E-state index contributed by atoms with van der Waals surface area (Å²) in [5.74, 6) is 3.35. The van der Waals surface area contributed by atoms with Gasteiger partial charge < -0.3 is 21.5 Å². The van der Waals surface area contributed by atoms with Gasteiger partial charge >= 0.3 is 0 Å². The normalized spacial score (nSPS) is 44.3. The van der Waals surface area contributed by atoms with Crippen LogP contribution >= 0.6 is 0 Å². The molecule has 4 aliphatic carbocycles. The molecule has 0 aromatic heterocycles. The number of hydrogen-bond donors (Lipinski definition) is 4. The van der Waals surface area contributed by atoms with E-state index in [0.29, 0.717) is 41.8 Å². The first-order valence-electron chi connectivity index (χ1n) is 14.6. The fourth-order valence-corrected chi connectivity index (χ4v) is 8.77. The van der Waals surface area contributed by atoms with E-state index in [0.717, 1.165) is 63.8 Å².